The number of aryl methyl sites for hydroxylation is 1. The summed E-state index contributed by atoms with van der Waals surface area (Å²) in [6.07, 6.45) is 1.81. The predicted molar refractivity (Wildman–Crippen MR) is 90.0 cm³/mol. The van der Waals surface area contributed by atoms with Gasteiger partial charge in [0.15, 0.2) is 0 Å². The number of likely N-dealkylation sites (tertiary alicyclic amines) is 1. The summed E-state index contributed by atoms with van der Waals surface area (Å²) in [5, 5.41) is 11.7. The Morgan fingerprint density at radius 3 is 2.88 bits per heavy atom. The molecular weight excluding hydrogens is 338 g/mol. The molecule has 8 heteroatoms. The van der Waals surface area contributed by atoms with Crippen LogP contribution in [0.1, 0.15) is 34.0 Å². The van der Waals surface area contributed by atoms with Gasteiger partial charge in [0.25, 0.3) is 0 Å². The van der Waals surface area contributed by atoms with E-state index in [1.54, 1.807) is 24.1 Å². The summed E-state index contributed by atoms with van der Waals surface area (Å²) in [5.74, 6) is -1.20. The highest BCUT2D eigenvalue weighted by atomic mass is 16.4. The van der Waals surface area contributed by atoms with Crippen molar-refractivity contribution in [2.45, 2.75) is 26.4 Å². The Labute approximate surface area is 149 Å². The minimum absolute atomic E-state index is 0.0758. The Balaban J connectivity index is 1.55. The number of aromatic carboxylic acids is 1. The maximum absolute atomic E-state index is 12.3. The van der Waals surface area contributed by atoms with E-state index in [2.05, 4.69) is 10.3 Å². The van der Waals surface area contributed by atoms with Crippen LogP contribution in [0.5, 0.6) is 0 Å². The molecule has 2 amide bonds. The summed E-state index contributed by atoms with van der Waals surface area (Å²) in [5.41, 5.74) is 0.848. The summed E-state index contributed by atoms with van der Waals surface area (Å²) >= 11 is 0. The van der Waals surface area contributed by atoms with E-state index in [1.165, 1.54) is 6.07 Å². The van der Waals surface area contributed by atoms with Crippen molar-refractivity contribution in [2.75, 3.05) is 6.54 Å². The van der Waals surface area contributed by atoms with Gasteiger partial charge in [0, 0.05) is 19.2 Å². The molecule has 136 valence electrons. The van der Waals surface area contributed by atoms with Crippen LogP contribution in [0.3, 0.4) is 0 Å². The Morgan fingerprint density at radius 2 is 2.23 bits per heavy atom. The number of hydrogen-bond acceptors (Lipinski definition) is 5. The summed E-state index contributed by atoms with van der Waals surface area (Å²) in [7, 11) is 0. The smallest absolute Gasteiger partial charge is 0.339 e. The van der Waals surface area contributed by atoms with Crippen molar-refractivity contribution in [3.63, 3.8) is 0 Å². The fourth-order valence-electron chi connectivity index (χ4n) is 2.95. The van der Waals surface area contributed by atoms with Crippen molar-refractivity contribution in [3.05, 3.63) is 53.2 Å². The number of rotatable bonds is 6. The molecule has 2 aromatic heterocycles. The van der Waals surface area contributed by atoms with E-state index in [1.807, 2.05) is 12.1 Å². The first-order valence-corrected chi connectivity index (χ1v) is 8.22. The molecule has 0 spiro atoms. The van der Waals surface area contributed by atoms with Gasteiger partial charge in [-0.05, 0) is 25.1 Å². The predicted octanol–water partition coefficient (Wildman–Crippen LogP) is 1.35. The van der Waals surface area contributed by atoms with Gasteiger partial charge in [-0.2, -0.15) is 0 Å². The van der Waals surface area contributed by atoms with Crippen LogP contribution in [0.2, 0.25) is 0 Å². The number of carbonyl (C=O) groups excluding carboxylic acids is 2. The van der Waals surface area contributed by atoms with E-state index in [9.17, 15) is 14.4 Å². The van der Waals surface area contributed by atoms with E-state index in [-0.39, 0.29) is 30.3 Å². The monoisotopic (exact) mass is 357 g/mol. The fraction of sp³-hybridized carbons (Fsp3) is 0.333. The molecule has 1 fully saturated rings. The SMILES string of the molecule is Cc1oc(CNC(=O)[C@H]2CC(=O)N(Cc3ccccn3)C2)cc1C(=O)O. The van der Waals surface area contributed by atoms with Crippen molar-refractivity contribution in [1.29, 1.82) is 0 Å². The van der Waals surface area contributed by atoms with E-state index in [4.69, 9.17) is 9.52 Å². The average Bonchev–Trinajstić information content (AvgIpc) is 3.17. The second-order valence-corrected chi connectivity index (χ2v) is 6.20. The normalized spacial score (nSPS) is 16.7. The van der Waals surface area contributed by atoms with Crippen molar-refractivity contribution < 1.29 is 23.9 Å². The van der Waals surface area contributed by atoms with Gasteiger partial charge in [0.05, 0.1) is 24.7 Å². The van der Waals surface area contributed by atoms with Gasteiger partial charge in [-0.25, -0.2) is 4.79 Å². The van der Waals surface area contributed by atoms with Crippen LogP contribution in [-0.4, -0.2) is 39.3 Å². The molecule has 3 rings (SSSR count). The second-order valence-electron chi connectivity index (χ2n) is 6.20. The van der Waals surface area contributed by atoms with Gasteiger partial charge in [0.1, 0.15) is 17.1 Å². The first-order chi connectivity index (χ1) is 12.4. The van der Waals surface area contributed by atoms with E-state index < -0.39 is 11.9 Å². The summed E-state index contributed by atoms with van der Waals surface area (Å²) in [4.78, 5) is 41.3. The molecule has 8 nitrogen and oxygen atoms in total. The van der Waals surface area contributed by atoms with Gasteiger partial charge in [-0.15, -0.1) is 0 Å². The lowest BCUT2D eigenvalue weighted by atomic mass is 10.1. The van der Waals surface area contributed by atoms with Crippen molar-refractivity contribution in [1.82, 2.24) is 15.2 Å². The standard InChI is InChI=1S/C18H19N3O5/c1-11-15(18(24)25)7-14(26-11)8-20-17(23)12-6-16(22)21(9-12)10-13-4-2-3-5-19-13/h2-5,7,12H,6,8-10H2,1H3,(H,20,23)(H,24,25)/t12-/m0/s1. The minimum Gasteiger partial charge on any atom is -0.478 e. The number of carboxylic acids is 1. The molecule has 1 aliphatic rings. The van der Waals surface area contributed by atoms with Crippen molar-refractivity contribution >= 4 is 17.8 Å². The second kappa shape index (κ2) is 7.38. The number of furan rings is 1. The Kier molecular flexibility index (Phi) is 5.01. The number of hydrogen-bond donors (Lipinski definition) is 2. The van der Waals surface area contributed by atoms with Crippen LogP contribution in [0, 0.1) is 12.8 Å². The first kappa shape index (κ1) is 17.7. The van der Waals surface area contributed by atoms with Crippen LogP contribution in [0.4, 0.5) is 0 Å². The molecule has 2 aromatic rings. The molecule has 26 heavy (non-hydrogen) atoms. The number of amides is 2. The molecule has 0 saturated carbocycles. The average molecular weight is 357 g/mol. The Hall–Kier alpha value is -3.16. The molecule has 0 aromatic carbocycles. The largest absolute Gasteiger partial charge is 0.478 e. The molecule has 2 N–H and O–H groups in total. The van der Waals surface area contributed by atoms with Crippen LogP contribution in [-0.2, 0) is 22.7 Å². The van der Waals surface area contributed by atoms with E-state index in [0.717, 1.165) is 5.69 Å². The fourth-order valence-corrected chi connectivity index (χ4v) is 2.95. The van der Waals surface area contributed by atoms with Crippen LogP contribution in [0.15, 0.2) is 34.9 Å². The number of carbonyl (C=O) groups is 3. The quantitative estimate of drug-likeness (QED) is 0.807. The minimum atomic E-state index is -1.07. The molecule has 1 saturated heterocycles. The van der Waals surface area contributed by atoms with Gasteiger partial charge in [0.2, 0.25) is 11.8 Å². The summed E-state index contributed by atoms with van der Waals surface area (Å²) in [6.45, 7) is 2.35. The molecular formula is C18H19N3O5. The van der Waals surface area contributed by atoms with Gasteiger partial charge in [-0.3, -0.25) is 14.6 Å². The van der Waals surface area contributed by atoms with Crippen LogP contribution >= 0.6 is 0 Å². The maximum atomic E-state index is 12.3. The molecule has 1 aliphatic heterocycles. The third kappa shape index (κ3) is 3.90. The molecule has 1 atom stereocenters. The lowest BCUT2D eigenvalue weighted by Gasteiger charge is -2.15. The van der Waals surface area contributed by atoms with Crippen molar-refractivity contribution in [2.24, 2.45) is 5.92 Å². The van der Waals surface area contributed by atoms with Crippen LogP contribution < -0.4 is 5.32 Å². The zero-order valence-corrected chi connectivity index (χ0v) is 14.3. The zero-order valence-electron chi connectivity index (χ0n) is 14.3. The zero-order chi connectivity index (χ0) is 18.7. The lowest BCUT2D eigenvalue weighted by molar-refractivity contribution is -0.129. The van der Waals surface area contributed by atoms with Gasteiger partial charge >= 0.3 is 5.97 Å². The lowest BCUT2D eigenvalue weighted by Crippen LogP contribution is -2.32. The highest BCUT2D eigenvalue weighted by Gasteiger charge is 2.34. The third-order valence-corrected chi connectivity index (χ3v) is 4.30. The van der Waals surface area contributed by atoms with E-state index in [0.29, 0.717) is 24.6 Å². The number of carboxylic acid groups (broad SMARTS) is 1. The van der Waals surface area contributed by atoms with Crippen LogP contribution in [0.25, 0.3) is 0 Å². The van der Waals surface area contributed by atoms with E-state index >= 15 is 0 Å². The van der Waals surface area contributed by atoms with Gasteiger partial charge in [-0.1, -0.05) is 6.07 Å². The molecule has 0 aliphatic carbocycles. The number of nitrogens with zero attached hydrogens (tertiary/aromatic N) is 2. The number of pyridine rings is 1. The molecule has 0 bridgehead atoms. The topological polar surface area (TPSA) is 113 Å². The number of aromatic nitrogens is 1. The Bertz CT molecular complexity index is 831. The number of nitrogens with one attached hydrogen (secondary N) is 1. The first-order valence-electron chi connectivity index (χ1n) is 8.22. The molecule has 3 heterocycles. The Morgan fingerprint density at radius 1 is 1.42 bits per heavy atom. The molecule has 0 unspecified atom stereocenters. The van der Waals surface area contributed by atoms with Gasteiger partial charge < -0.3 is 19.7 Å². The summed E-state index contributed by atoms with van der Waals surface area (Å²) in [6, 6.07) is 6.88. The van der Waals surface area contributed by atoms with Crippen molar-refractivity contribution in [3.8, 4) is 0 Å². The third-order valence-electron chi connectivity index (χ3n) is 4.30. The highest BCUT2D eigenvalue weighted by molar-refractivity contribution is 5.90. The maximum Gasteiger partial charge on any atom is 0.339 e. The molecule has 0 radical (unpaired) electrons. The summed E-state index contributed by atoms with van der Waals surface area (Å²) < 4.78 is 5.33. The highest BCUT2D eigenvalue weighted by Crippen LogP contribution is 2.20.